The molecule has 0 aliphatic carbocycles. The smallest absolute Gasteiger partial charge is 0.343 e. The second-order valence-electron chi connectivity index (χ2n) is 7.24. The van der Waals surface area contributed by atoms with E-state index in [2.05, 4.69) is 15.8 Å². The molecule has 186 valence electrons. The van der Waals surface area contributed by atoms with Crippen LogP contribution in [-0.4, -0.2) is 44.3 Å². The fourth-order valence-electron chi connectivity index (χ4n) is 2.94. The number of carbonyl (C=O) groups excluding carboxylic acids is 3. The van der Waals surface area contributed by atoms with Crippen LogP contribution in [0.25, 0.3) is 0 Å². The number of carbonyl (C=O) groups is 3. The van der Waals surface area contributed by atoms with Gasteiger partial charge in [0.05, 0.1) is 32.0 Å². The van der Waals surface area contributed by atoms with Crippen molar-refractivity contribution in [2.75, 3.05) is 20.3 Å². The Morgan fingerprint density at radius 1 is 0.944 bits per heavy atom. The highest BCUT2D eigenvalue weighted by atomic mass is 19.1. The van der Waals surface area contributed by atoms with Gasteiger partial charge in [-0.1, -0.05) is 0 Å². The van der Waals surface area contributed by atoms with E-state index >= 15 is 0 Å². The summed E-state index contributed by atoms with van der Waals surface area (Å²) < 4.78 is 29.0. The minimum absolute atomic E-state index is 0.209. The number of halogens is 1. The van der Waals surface area contributed by atoms with Gasteiger partial charge in [0.15, 0.2) is 11.5 Å². The molecule has 0 unspecified atom stereocenters. The molecule has 3 aromatic carbocycles. The lowest BCUT2D eigenvalue weighted by Gasteiger charge is -2.10. The van der Waals surface area contributed by atoms with Crippen LogP contribution in [0.4, 0.5) is 4.39 Å². The van der Waals surface area contributed by atoms with Crippen LogP contribution in [0.5, 0.6) is 17.2 Å². The van der Waals surface area contributed by atoms with Crippen molar-refractivity contribution in [1.82, 2.24) is 10.7 Å². The van der Waals surface area contributed by atoms with Crippen LogP contribution in [0.1, 0.15) is 33.2 Å². The van der Waals surface area contributed by atoms with E-state index in [4.69, 9.17) is 14.2 Å². The van der Waals surface area contributed by atoms with Crippen LogP contribution >= 0.6 is 0 Å². The van der Waals surface area contributed by atoms with E-state index < -0.39 is 23.6 Å². The molecule has 0 saturated carbocycles. The zero-order chi connectivity index (χ0) is 25.9. The SMILES string of the molecule is CCOc1ccc(C(=O)Oc2ccc(/C=N\NC(=O)CNC(=O)c3ccc(F)cc3)cc2OC)cc1. The minimum Gasteiger partial charge on any atom is -0.494 e. The van der Waals surface area contributed by atoms with E-state index in [1.54, 1.807) is 36.4 Å². The van der Waals surface area contributed by atoms with Crippen molar-refractivity contribution in [3.63, 3.8) is 0 Å². The average molecular weight is 493 g/mol. The van der Waals surface area contributed by atoms with Gasteiger partial charge in [0.1, 0.15) is 11.6 Å². The first kappa shape index (κ1) is 25.9. The van der Waals surface area contributed by atoms with Crippen LogP contribution in [0.2, 0.25) is 0 Å². The molecule has 0 aliphatic heterocycles. The molecule has 0 saturated heterocycles. The molecule has 3 rings (SSSR count). The molecule has 2 N–H and O–H groups in total. The Hall–Kier alpha value is -4.73. The first-order valence-electron chi connectivity index (χ1n) is 10.9. The minimum atomic E-state index is -0.562. The third-order valence-corrected chi connectivity index (χ3v) is 4.71. The molecule has 9 nitrogen and oxygen atoms in total. The third-order valence-electron chi connectivity index (χ3n) is 4.71. The number of nitrogens with zero attached hydrogens (tertiary/aromatic N) is 1. The molecule has 0 atom stereocenters. The molecule has 10 heteroatoms. The van der Waals surface area contributed by atoms with E-state index in [-0.39, 0.29) is 23.6 Å². The highest BCUT2D eigenvalue weighted by molar-refractivity contribution is 5.96. The third kappa shape index (κ3) is 7.39. The number of ether oxygens (including phenoxy) is 3. The average Bonchev–Trinajstić information content (AvgIpc) is 2.89. The fourth-order valence-corrected chi connectivity index (χ4v) is 2.94. The van der Waals surface area contributed by atoms with Gasteiger partial charge in [-0.2, -0.15) is 5.10 Å². The van der Waals surface area contributed by atoms with Gasteiger partial charge in [0.25, 0.3) is 11.8 Å². The topological polar surface area (TPSA) is 115 Å². The van der Waals surface area contributed by atoms with E-state index in [1.165, 1.54) is 31.5 Å². The first-order chi connectivity index (χ1) is 17.4. The Labute approximate surface area is 206 Å². The molecule has 0 spiro atoms. The maximum absolute atomic E-state index is 12.9. The maximum atomic E-state index is 12.9. The summed E-state index contributed by atoms with van der Waals surface area (Å²) in [5.41, 5.74) is 3.42. The van der Waals surface area contributed by atoms with Crippen molar-refractivity contribution >= 4 is 24.0 Å². The monoisotopic (exact) mass is 493 g/mol. The predicted octanol–water partition coefficient (Wildman–Crippen LogP) is 3.33. The van der Waals surface area contributed by atoms with Crippen LogP contribution < -0.4 is 25.0 Å². The Balaban J connectivity index is 1.53. The van der Waals surface area contributed by atoms with Crippen molar-refractivity contribution in [2.45, 2.75) is 6.92 Å². The standard InChI is InChI=1S/C26H24FN3O6/c1-3-35-21-11-7-19(8-12-21)26(33)36-22-13-4-17(14-23(22)34-2)15-29-30-24(31)16-28-25(32)18-5-9-20(27)10-6-18/h4-15H,3,16H2,1-2H3,(H,28,32)(H,30,31)/b29-15-. The van der Waals surface area contributed by atoms with Crippen LogP contribution in [0, 0.1) is 5.82 Å². The Morgan fingerprint density at radius 2 is 1.64 bits per heavy atom. The molecular weight excluding hydrogens is 469 g/mol. The predicted molar refractivity (Wildman–Crippen MR) is 130 cm³/mol. The van der Waals surface area contributed by atoms with Gasteiger partial charge < -0.3 is 19.5 Å². The summed E-state index contributed by atoms with van der Waals surface area (Å²) in [4.78, 5) is 36.3. The van der Waals surface area contributed by atoms with Crippen LogP contribution in [0.3, 0.4) is 0 Å². The van der Waals surface area contributed by atoms with Crippen molar-refractivity contribution in [3.05, 3.63) is 89.2 Å². The molecule has 0 fully saturated rings. The first-order valence-corrected chi connectivity index (χ1v) is 10.9. The molecule has 0 heterocycles. The number of nitrogens with one attached hydrogen (secondary N) is 2. The van der Waals surface area contributed by atoms with E-state index in [0.717, 1.165) is 12.1 Å². The van der Waals surface area contributed by atoms with E-state index in [0.29, 0.717) is 23.5 Å². The zero-order valence-electron chi connectivity index (χ0n) is 19.6. The van der Waals surface area contributed by atoms with Crippen LogP contribution in [0.15, 0.2) is 71.8 Å². The number of esters is 1. The summed E-state index contributed by atoms with van der Waals surface area (Å²) in [5, 5.41) is 6.25. The molecular formula is C26H24FN3O6. The van der Waals surface area contributed by atoms with Gasteiger partial charge in [-0.05, 0) is 79.2 Å². The Bertz CT molecular complexity index is 1240. The maximum Gasteiger partial charge on any atom is 0.343 e. The second kappa shape index (κ2) is 12.7. The molecule has 2 amide bonds. The molecule has 0 bridgehead atoms. The number of hydrogen-bond donors (Lipinski definition) is 2. The number of methoxy groups -OCH3 is 1. The van der Waals surface area contributed by atoms with Gasteiger partial charge in [0.2, 0.25) is 0 Å². The van der Waals surface area contributed by atoms with Gasteiger partial charge in [-0.15, -0.1) is 0 Å². The van der Waals surface area contributed by atoms with Crippen molar-refractivity contribution in [2.24, 2.45) is 5.10 Å². The lowest BCUT2D eigenvalue weighted by molar-refractivity contribution is -0.120. The van der Waals surface area contributed by atoms with Crippen molar-refractivity contribution in [3.8, 4) is 17.2 Å². The van der Waals surface area contributed by atoms with Gasteiger partial charge in [-0.25, -0.2) is 14.6 Å². The molecule has 36 heavy (non-hydrogen) atoms. The van der Waals surface area contributed by atoms with E-state index in [9.17, 15) is 18.8 Å². The summed E-state index contributed by atoms with van der Waals surface area (Å²) in [6.45, 7) is 2.07. The molecule has 0 aliphatic rings. The zero-order valence-corrected chi connectivity index (χ0v) is 19.6. The fraction of sp³-hybridized carbons (Fsp3) is 0.154. The van der Waals surface area contributed by atoms with Gasteiger partial charge in [-0.3, -0.25) is 9.59 Å². The normalized spacial score (nSPS) is 10.5. The van der Waals surface area contributed by atoms with Gasteiger partial charge >= 0.3 is 5.97 Å². The number of hydrazone groups is 1. The summed E-state index contributed by atoms with van der Waals surface area (Å²) in [7, 11) is 1.43. The van der Waals surface area contributed by atoms with Crippen LogP contribution in [-0.2, 0) is 4.79 Å². The summed E-state index contributed by atoms with van der Waals surface area (Å²) in [6, 6.07) is 16.2. The van der Waals surface area contributed by atoms with Crippen molar-refractivity contribution in [1.29, 1.82) is 0 Å². The number of hydrogen-bond acceptors (Lipinski definition) is 7. The number of rotatable bonds is 10. The van der Waals surface area contributed by atoms with Gasteiger partial charge in [0, 0.05) is 5.56 Å². The number of benzene rings is 3. The largest absolute Gasteiger partial charge is 0.494 e. The quantitative estimate of drug-likeness (QED) is 0.194. The summed E-state index contributed by atoms with van der Waals surface area (Å²) >= 11 is 0. The number of amides is 2. The second-order valence-corrected chi connectivity index (χ2v) is 7.24. The van der Waals surface area contributed by atoms with E-state index in [1.807, 2.05) is 6.92 Å². The Kier molecular flexibility index (Phi) is 9.10. The molecule has 3 aromatic rings. The molecule has 0 aromatic heterocycles. The lowest BCUT2D eigenvalue weighted by Crippen LogP contribution is -2.34. The van der Waals surface area contributed by atoms with Crippen molar-refractivity contribution < 1.29 is 33.0 Å². The lowest BCUT2D eigenvalue weighted by atomic mass is 10.2. The highest BCUT2D eigenvalue weighted by Gasteiger charge is 2.13. The summed E-state index contributed by atoms with van der Waals surface area (Å²) in [6.07, 6.45) is 1.36. The summed E-state index contributed by atoms with van der Waals surface area (Å²) in [5.74, 6) is -0.958. The molecule has 0 radical (unpaired) electrons. The Morgan fingerprint density at radius 3 is 2.31 bits per heavy atom. The highest BCUT2D eigenvalue weighted by Crippen LogP contribution is 2.28.